The number of anilines is 2. The van der Waals surface area contributed by atoms with Crippen molar-refractivity contribution in [3.63, 3.8) is 0 Å². The molecule has 2 aromatic rings. The Hall–Kier alpha value is -1.94. The Labute approximate surface area is 194 Å². The van der Waals surface area contributed by atoms with Gasteiger partial charge in [0, 0.05) is 37.5 Å². The van der Waals surface area contributed by atoms with Crippen LogP contribution in [0.1, 0.15) is 37.0 Å². The van der Waals surface area contributed by atoms with Crippen molar-refractivity contribution in [1.82, 2.24) is 4.31 Å². The van der Waals surface area contributed by atoms with Crippen LogP contribution in [0.3, 0.4) is 0 Å². The molecule has 7 nitrogen and oxygen atoms in total. The molecule has 0 radical (unpaired) electrons. The quantitative estimate of drug-likeness (QED) is 0.627. The van der Waals surface area contributed by atoms with Gasteiger partial charge >= 0.3 is 0 Å². The monoisotopic (exact) mass is 477 g/mol. The molecule has 1 aromatic carbocycles. The zero-order valence-electron chi connectivity index (χ0n) is 18.3. The summed E-state index contributed by atoms with van der Waals surface area (Å²) in [5.41, 5.74) is 1.49. The molecule has 0 unspecified atom stereocenters. The van der Waals surface area contributed by atoms with Gasteiger partial charge in [0.05, 0.1) is 29.5 Å². The second-order valence-electron chi connectivity index (χ2n) is 8.22. The zero-order valence-corrected chi connectivity index (χ0v) is 19.9. The lowest BCUT2D eigenvalue weighted by Gasteiger charge is -2.31. The molecule has 0 aliphatic carbocycles. The predicted octanol–water partition coefficient (Wildman–Crippen LogP) is 3.72. The van der Waals surface area contributed by atoms with Crippen LogP contribution in [0.25, 0.3) is 0 Å². The average molecular weight is 478 g/mol. The van der Waals surface area contributed by atoms with E-state index in [1.54, 1.807) is 23.5 Å². The molecule has 2 aliphatic rings. The Morgan fingerprint density at radius 2 is 1.84 bits per heavy atom. The van der Waals surface area contributed by atoms with Crippen LogP contribution in [0.5, 0.6) is 0 Å². The Balaban J connectivity index is 1.52. The van der Waals surface area contributed by atoms with Gasteiger partial charge in [0.25, 0.3) is 0 Å². The van der Waals surface area contributed by atoms with Gasteiger partial charge in [-0.1, -0.05) is 6.07 Å². The maximum atomic E-state index is 13.2. The molecule has 2 aliphatic heterocycles. The lowest BCUT2D eigenvalue weighted by Crippen LogP contribution is -2.40. The molecule has 174 valence electrons. The summed E-state index contributed by atoms with van der Waals surface area (Å²) in [6, 6.07) is 9.25. The lowest BCUT2D eigenvalue weighted by atomic mass is 10.1. The van der Waals surface area contributed by atoms with Crippen molar-refractivity contribution >= 4 is 38.6 Å². The highest BCUT2D eigenvalue weighted by molar-refractivity contribution is 7.89. The van der Waals surface area contributed by atoms with Gasteiger partial charge in [0.15, 0.2) is 0 Å². The summed E-state index contributed by atoms with van der Waals surface area (Å²) in [7, 11) is -3.63. The SMILES string of the molecule is O=C(CCCc1cccs1)Nc1cc(S(=O)(=O)N2CCOCC2)ccc1N1CCCCC1. The molecule has 2 fully saturated rings. The summed E-state index contributed by atoms with van der Waals surface area (Å²) in [5, 5.41) is 5.06. The number of carbonyl (C=O) groups excluding carboxylic acids is 1. The third-order valence-corrected chi connectivity index (χ3v) is 8.78. The van der Waals surface area contributed by atoms with Crippen LogP contribution in [0.15, 0.2) is 40.6 Å². The van der Waals surface area contributed by atoms with Crippen molar-refractivity contribution in [3.8, 4) is 0 Å². The number of hydrogen-bond donors (Lipinski definition) is 1. The van der Waals surface area contributed by atoms with E-state index in [0.717, 1.165) is 44.5 Å². The topological polar surface area (TPSA) is 79.0 Å². The maximum absolute atomic E-state index is 13.2. The largest absolute Gasteiger partial charge is 0.379 e. The van der Waals surface area contributed by atoms with Crippen LogP contribution < -0.4 is 10.2 Å². The van der Waals surface area contributed by atoms with E-state index in [9.17, 15) is 13.2 Å². The highest BCUT2D eigenvalue weighted by Crippen LogP contribution is 2.32. The van der Waals surface area contributed by atoms with E-state index in [2.05, 4.69) is 16.3 Å². The minimum atomic E-state index is -3.63. The summed E-state index contributed by atoms with van der Waals surface area (Å²) in [6.07, 6.45) is 5.43. The molecule has 0 bridgehead atoms. The van der Waals surface area contributed by atoms with Crippen LogP contribution in [0.4, 0.5) is 11.4 Å². The Kier molecular flexibility index (Phi) is 7.83. The first-order valence-electron chi connectivity index (χ1n) is 11.3. The maximum Gasteiger partial charge on any atom is 0.243 e. The number of nitrogens with zero attached hydrogens (tertiary/aromatic N) is 2. The molecule has 32 heavy (non-hydrogen) atoms. The number of amides is 1. The first-order chi connectivity index (χ1) is 15.5. The lowest BCUT2D eigenvalue weighted by molar-refractivity contribution is -0.116. The summed E-state index contributed by atoms with van der Waals surface area (Å²) >= 11 is 1.70. The molecule has 1 amide bonds. The van der Waals surface area contributed by atoms with Crippen LogP contribution in [0.2, 0.25) is 0 Å². The number of nitrogens with one attached hydrogen (secondary N) is 1. The van der Waals surface area contributed by atoms with Crippen molar-refractivity contribution < 1.29 is 17.9 Å². The Morgan fingerprint density at radius 1 is 1.06 bits per heavy atom. The zero-order chi connectivity index (χ0) is 22.4. The molecule has 3 heterocycles. The van der Waals surface area contributed by atoms with Gasteiger partial charge < -0.3 is 15.0 Å². The first kappa shape index (κ1) is 23.2. The fraction of sp³-hybridized carbons (Fsp3) is 0.522. The number of hydrogen-bond acceptors (Lipinski definition) is 6. The van der Waals surface area contributed by atoms with E-state index in [-0.39, 0.29) is 10.8 Å². The van der Waals surface area contributed by atoms with Crippen LogP contribution in [-0.4, -0.2) is 58.0 Å². The minimum Gasteiger partial charge on any atom is -0.379 e. The number of thiophene rings is 1. The molecule has 1 aromatic heterocycles. The molecule has 0 saturated carbocycles. The normalized spacial score (nSPS) is 17.9. The molecule has 0 atom stereocenters. The van der Waals surface area contributed by atoms with Gasteiger partial charge in [0.2, 0.25) is 15.9 Å². The van der Waals surface area contributed by atoms with Crippen molar-refractivity contribution in [2.75, 3.05) is 49.6 Å². The molecule has 0 spiro atoms. The van der Waals surface area contributed by atoms with Gasteiger partial charge in [-0.25, -0.2) is 8.42 Å². The number of sulfonamides is 1. The molecular weight excluding hydrogens is 446 g/mol. The molecule has 4 rings (SSSR count). The van der Waals surface area contributed by atoms with Gasteiger partial charge in [-0.2, -0.15) is 4.31 Å². The number of benzene rings is 1. The van der Waals surface area contributed by atoms with Crippen LogP contribution in [-0.2, 0) is 26.0 Å². The minimum absolute atomic E-state index is 0.0827. The van der Waals surface area contributed by atoms with Gasteiger partial charge in [0.1, 0.15) is 0 Å². The van der Waals surface area contributed by atoms with E-state index in [4.69, 9.17) is 4.74 Å². The van der Waals surface area contributed by atoms with E-state index in [0.29, 0.717) is 38.4 Å². The standard InChI is InChI=1S/C23H31N3O4S2/c27-23(8-4-6-19-7-5-17-31-19)24-21-18-20(32(28,29)26-13-15-30-16-14-26)9-10-22(21)25-11-2-1-3-12-25/h5,7,9-10,17-18H,1-4,6,8,11-16H2,(H,24,27). The second-order valence-corrected chi connectivity index (χ2v) is 11.2. The summed E-state index contributed by atoms with van der Waals surface area (Å²) in [5.74, 6) is -0.0827. The number of ether oxygens (including phenoxy) is 1. The third-order valence-electron chi connectivity index (χ3n) is 5.95. The van der Waals surface area contributed by atoms with Gasteiger partial charge in [-0.15, -0.1) is 11.3 Å². The van der Waals surface area contributed by atoms with Crippen molar-refractivity contribution in [2.24, 2.45) is 0 Å². The molecule has 2 saturated heterocycles. The van der Waals surface area contributed by atoms with E-state index >= 15 is 0 Å². The smallest absolute Gasteiger partial charge is 0.243 e. The second kappa shape index (κ2) is 10.8. The fourth-order valence-electron chi connectivity index (χ4n) is 4.21. The van der Waals surface area contributed by atoms with Gasteiger partial charge in [-0.3, -0.25) is 4.79 Å². The van der Waals surface area contributed by atoms with Crippen molar-refractivity contribution in [1.29, 1.82) is 0 Å². The predicted molar refractivity (Wildman–Crippen MR) is 128 cm³/mol. The number of aryl methyl sites for hydroxylation is 1. The fourth-order valence-corrected chi connectivity index (χ4v) is 6.40. The highest BCUT2D eigenvalue weighted by atomic mass is 32.2. The Bertz CT molecular complexity index is 996. The molecule has 9 heteroatoms. The third kappa shape index (κ3) is 5.70. The average Bonchev–Trinajstić information content (AvgIpc) is 3.34. The highest BCUT2D eigenvalue weighted by Gasteiger charge is 2.28. The number of rotatable bonds is 8. The number of carbonyl (C=O) groups is 1. The van der Waals surface area contributed by atoms with Gasteiger partial charge in [-0.05, 0) is 61.7 Å². The van der Waals surface area contributed by atoms with E-state index in [1.807, 2.05) is 17.5 Å². The summed E-state index contributed by atoms with van der Waals surface area (Å²) < 4.78 is 33.1. The summed E-state index contributed by atoms with van der Waals surface area (Å²) in [4.78, 5) is 16.5. The van der Waals surface area contributed by atoms with Crippen molar-refractivity contribution in [2.45, 2.75) is 43.4 Å². The summed E-state index contributed by atoms with van der Waals surface area (Å²) in [6.45, 7) is 3.33. The van der Waals surface area contributed by atoms with E-state index < -0.39 is 10.0 Å². The molecular formula is C23H31N3O4S2. The van der Waals surface area contributed by atoms with Crippen molar-refractivity contribution in [3.05, 3.63) is 40.6 Å². The van der Waals surface area contributed by atoms with E-state index in [1.165, 1.54) is 15.6 Å². The number of morpholine rings is 1. The first-order valence-corrected chi connectivity index (χ1v) is 13.7. The Morgan fingerprint density at radius 3 is 2.56 bits per heavy atom. The van der Waals surface area contributed by atoms with Crippen LogP contribution >= 0.6 is 11.3 Å². The number of piperidine rings is 1. The molecule has 1 N–H and O–H groups in total. The van der Waals surface area contributed by atoms with Crippen LogP contribution in [0, 0.1) is 0 Å².